The fraction of sp³-hybridized carbons (Fsp3) is 0.500. The van der Waals surface area contributed by atoms with Crippen molar-refractivity contribution in [1.29, 1.82) is 0 Å². The Kier molecular flexibility index (Phi) is 4.45. The zero-order valence-corrected chi connectivity index (χ0v) is 12.6. The summed E-state index contributed by atoms with van der Waals surface area (Å²) < 4.78 is 25.6. The van der Waals surface area contributed by atoms with Crippen LogP contribution in [-0.4, -0.2) is 56.0 Å². The van der Waals surface area contributed by atoms with Gasteiger partial charge in [0.15, 0.2) is 0 Å². The van der Waals surface area contributed by atoms with Crippen molar-refractivity contribution < 1.29 is 13.2 Å². The molecular formula is C14H20N2O3S. The fourth-order valence-corrected chi connectivity index (χ4v) is 3.86. The van der Waals surface area contributed by atoms with E-state index in [0.717, 1.165) is 6.42 Å². The van der Waals surface area contributed by atoms with E-state index >= 15 is 0 Å². The van der Waals surface area contributed by atoms with E-state index in [4.69, 9.17) is 0 Å². The largest absolute Gasteiger partial charge is 0.337 e. The van der Waals surface area contributed by atoms with E-state index in [-0.39, 0.29) is 12.5 Å². The fourth-order valence-electron chi connectivity index (χ4n) is 2.43. The van der Waals surface area contributed by atoms with E-state index in [0.29, 0.717) is 18.5 Å². The van der Waals surface area contributed by atoms with Crippen LogP contribution in [0.2, 0.25) is 0 Å². The number of carbonyl (C=O) groups excluding carboxylic acids is 1. The van der Waals surface area contributed by atoms with Crippen molar-refractivity contribution in [2.45, 2.75) is 18.1 Å². The van der Waals surface area contributed by atoms with Crippen molar-refractivity contribution in [2.24, 2.45) is 0 Å². The number of carbonyl (C=O) groups is 1. The summed E-state index contributed by atoms with van der Waals surface area (Å²) in [5.74, 6) is -0.0933. The lowest BCUT2D eigenvalue weighted by molar-refractivity contribution is 0.0726. The quantitative estimate of drug-likeness (QED) is 0.841. The topological polar surface area (TPSA) is 57.7 Å². The molecule has 1 heterocycles. The Morgan fingerprint density at radius 1 is 1.25 bits per heavy atom. The Labute approximate surface area is 120 Å². The van der Waals surface area contributed by atoms with Gasteiger partial charge in [-0.1, -0.05) is 18.2 Å². The smallest absolute Gasteiger partial charge is 0.253 e. The van der Waals surface area contributed by atoms with Gasteiger partial charge in [0.25, 0.3) is 5.91 Å². The molecule has 0 bridgehead atoms. The number of benzene rings is 1. The first-order valence-corrected chi connectivity index (χ1v) is 8.19. The number of hydrogen-bond acceptors (Lipinski definition) is 3. The third-order valence-corrected chi connectivity index (χ3v) is 5.86. The summed E-state index contributed by atoms with van der Waals surface area (Å²) >= 11 is 0. The average Bonchev–Trinajstić information content (AvgIpc) is 2.47. The lowest BCUT2D eigenvalue weighted by Gasteiger charge is -2.33. The second-order valence-electron chi connectivity index (χ2n) is 5.21. The molecule has 1 aromatic rings. The number of likely N-dealkylation sites (tertiary alicyclic amines) is 1. The van der Waals surface area contributed by atoms with Crippen molar-refractivity contribution >= 4 is 15.9 Å². The van der Waals surface area contributed by atoms with Crippen LogP contribution < -0.4 is 0 Å². The number of amides is 1. The van der Waals surface area contributed by atoms with Crippen LogP contribution in [0, 0.1) is 0 Å². The number of hydrogen-bond donors (Lipinski definition) is 0. The second-order valence-corrected chi connectivity index (χ2v) is 7.64. The highest BCUT2D eigenvalue weighted by Crippen LogP contribution is 2.20. The van der Waals surface area contributed by atoms with Crippen molar-refractivity contribution in [3.05, 3.63) is 35.9 Å². The van der Waals surface area contributed by atoms with Crippen molar-refractivity contribution in [2.75, 3.05) is 27.2 Å². The number of nitrogens with zero attached hydrogens (tertiary/aromatic N) is 2. The van der Waals surface area contributed by atoms with Gasteiger partial charge in [-0.2, -0.15) is 0 Å². The Morgan fingerprint density at radius 2 is 1.90 bits per heavy atom. The minimum atomic E-state index is -3.31. The lowest BCUT2D eigenvalue weighted by atomic mass is 10.1. The summed E-state index contributed by atoms with van der Waals surface area (Å²) in [6, 6.07) is 8.99. The Hall–Kier alpha value is -1.40. The molecule has 0 aromatic heterocycles. The molecule has 1 aromatic carbocycles. The number of sulfonamides is 1. The molecule has 1 atom stereocenters. The maximum Gasteiger partial charge on any atom is 0.253 e. The van der Waals surface area contributed by atoms with Gasteiger partial charge in [0, 0.05) is 32.7 Å². The maximum atomic E-state index is 12.4. The Balaban J connectivity index is 2.14. The molecule has 1 amide bonds. The highest BCUT2D eigenvalue weighted by atomic mass is 32.2. The molecule has 2 rings (SSSR count). The van der Waals surface area contributed by atoms with Crippen LogP contribution >= 0.6 is 0 Å². The molecule has 1 aliphatic rings. The summed E-state index contributed by atoms with van der Waals surface area (Å²) in [6.45, 7) is 0.890. The van der Waals surface area contributed by atoms with Crippen LogP contribution in [0.15, 0.2) is 30.3 Å². The standard InChI is InChI=1S/C14H20N2O3S/c1-15(2)20(18,19)13-9-6-10-16(11-13)14(17)12-7-4-3-5-8-12/h3-5,7-8,13H,6,9-11H2,1-2H3. The Bertz CT molecular complexity index is 569. The van der Waals surface area contributed by atoms with Crippen LogP contribution in [0.4, 0.5) is 0 Å². The SMILES string of the molecule is CN(C)S(=O)(=O)C1CCCN(C(=O)c2ccccc2)C1. The molecule has 0 spiro atoms. The molecule has 1 unspecified atom stereocenters. The highest BCUT2D eigenvalue weighted by molar-refractivity contribution is 7.89. The molecule has 1 fully saturated rings. The third kappa shape index (κ3) is 3.02. The van der Waals surface area contributed by atoms with Crippen LogP contribution in [0.5, 0.6) is 0 Å². The summed E-state index contributed by atoms with van der Waals surface area (Å²) in [5, 5.41) is -0.501. The summed E-state index contributed by atoms with van der Waals surface area (Å²) in [5.41, 5.74) is 0.607. The van der Waals surface area contributed by atoms with Gasteiger partial charge in [-0.15, -0.1) is 0 Å². The van der Waals surface area contributed by atoms with E-state index < -0.39 is 15.3 Å². The zero-order chi connectivity index (χ0) is 14.8. The summed E-state index contributed by atoms with van der Waals surface area (Å²) in [6.07, 6.45) is 1.33. The van der Waals surface area contributed by atoms with E-state index in [1.54, 1.807) is 17.0 Å². The van der Waals surface area contributed by atoms with Crippen molar-refractivity contribution in [3.8, 4) is 0 Å². The molecule has 20 heavy (non-hydrogen) atoms. The monoisotopic (exact) mass is 296 g/mol. The normalized spacial score (nSPS) is 20.1. The minimum Gasteiger partial charge on any atom is -0.337 e. The van der Waals surface area contributed by atoms with E-state index in [1.165, 1.54) is 18.4 Å². The Morgan fingerprint density at radius 3 is 2.50 bits per heavy atom. The van der Waals surface area contributed by atoms with Crippen LogP contribution in [0.25, 0.3) is 0 Å². The molecule has 0 aliphatic carbocycles. The average molecular weight is 296 g/mol. The van der Waals surface area contributed by atoms with Gasteiger partial charge in [-0.25, -0.2) is 12.7 Å². The predicted molar refractivity (Wildman–Crippen MR) is 78.0 cm³/mol. The van der Waals surface area contributed by atoms with Crippen LogP contribution in [0.3, 0.4) is 0 Å². The summed E-state index contributed by atoms with van der Waals surface area (Å²) in [7, 11) is -0.239. The van der Waals surface area contributed by atoms with E-state index in [1.807, 2.05) is 18.2 Å². The second kappa shape index (κ2) is 5.93. The molecule has 1 saturated heterocycles. The summed E-state index contributed by atoms with van der Waals surface area (Å²) in [4.78, 5) is 14.0. The molecule has 110 valence electrons. The maximum absolute atomic E-state index is 12.4. The van der Waals surface area contributed by atoms with Crippen molar-refractivity contribution in [3.63, 3.8) is 0 Å². The molecule has 6 heteroatoms. The zero-order valence-electron chi connectivity index (χ0n) is 11.8. The predicted octanol–water partition coefficient (Wildman–Crippen LogP) is 1.18. The van der Waals surface area contributed by atoms with E-state index in [9.17, 15) is 13.2 Å². The van der Waals surface area contributed by atoms with Crippen LogP contribution in [0.1, 0.15) is 23.2 Å². The number of piperidine rings is 1. The first-order chi connectivity index (χ1) is 9.43. The molecule has 1 aliphatic heterocycles. The van der Waals surface area contributed by atoms with Gasteiger partial charge < -0.3 is 4.90 Å². The van der Waals surface area contributed by atoms with Gasteiger partial charge in [0.05, 0.1) is 5.25 Å². The van der Waals surface area contributed by atoms with Gasteiger partial charge in [0.1, 0.15) is 0 Å². The van der Waals surface area contributed by atoms with Gasteiger partial charge in [0.2, 0.25) is 10.0 Å². The number of rotatable bonds is 3. The van der Waals surface area contributed by atoms with E-state index in [2.05, 4.69) is 0 Å². The molecule has 0 radical (unpaired) electrons. The lowest BCUT2D eigenvalue weighted by Crippen LogP contribution is -2.48. The third-order valence-electron chi connectivity index (χ3n) is 3.62. The first-order valence-electron chi connectivity index (χ1n) is 6.68. The first kappa shape index (κ1) is 15.0. The molecule has 5 nitrogen and oxygen atoms in total. The van der Waals surface area contributed by atoms with Gasteiger partial charge in [-0.3, -0.25) is 4.79 Å². The van der Waals surface area contributed by atoms with Crippen LogP contribution in [-0.2, 0) is 10.0 Å². The van der Waals surface area contributed by atoms with Gasteiger partial charge >= 0.3 is 0 Å². The minimum absolute atomic E-state index is 0.0933. The van der Waals surface area contributed by atoms with Crippen molar-refractivity contribution in [1.82, 2.24) is 9.21 Å². The molecule has 0 N–H and O–H groups in total. The molecule has 0 saturated carbocycles. The highest BCUT2D eigenvalue weighted by Gasteiger charge is 2.34. The van der Waals surface area contributed by atoms with Gasteiger partial charge in [-0.05, 0) is 25.0 Å². The molecular weight excluding hydrogens is 276 g/mol.